The van der Waals surface area contributed by atoms with E-state index in [-0.39, 0.29) is 17.9 Å². The van der Waals surface area contributed by atoms with Gasteiger partial charge in [-0.2, -0.15) is 0 Å². The summed E-state index contributed by atoms with van der Waals surface area (Å²) in [5, 5.41) is 14.1. The fourth-order valence-electron chi connectivity index (χ4n) is 3.36. The van der Waals surface area contributed by atoms with Crippen LogP contribution in [0.4, 0.5) is 0 Å². The number of ether oxygens (including phenoxy) is 2. The Morgan fingerprint density at radius 3 is 2.54 bits per heavy atom. The molecule has 0 radical (unpaired) electrons. The summed E-state index contributed by atoms with van der Waals surface area (Å²) in [7, 11) is 3.20. The zero-order valence-electron chi connectivity index (χ0n) is 16.6. The van der Waals surface area contributed by atoms with E-state index < -0.39 is 5.60 Å². The minimum atomic E-state index is -1.33. The smallest absolute Gasteiger partial charge is 0.255 e. The third-order valence-electron chi connectivity index (χ3n) is 4.56. The van der Waals surface area contributed by atoms with Gasteiger partial charge in [0.2, 0.25) is 0 Å². The van der Waals surface area contributed by atoms with Crippen molar-refractivity contribution in [3.63, 3.8) is 0 Å². The lowest BCUT2D eigenvalue weighted by Gasteiger charge is -2.41. The highest BCUT2D eigenvalue weighted by Gasteiger charge is 2.42. The first-order valence-corrected chi connectivity index (χ1v) is 9.12. The van der Waals surface area contributed by atoms with E-state index in [1.165, 1.54) is 0 Å². The number of hydrogen-bond acceptors (Lipinski definition) is 5. The first-order chi connectivity index (χ1) is 12.2. The fraction of sp³-hybridized carbons (Fsp3) is 0.650. The van der Waals surface area contributed by atoms with Gasteiger partial charge in [0.05, 0.1) is 14.2 Å². The van der Waals surface area contributed by atoms with Crippen LogP contribution in [0.1, 0.15) is 39.2 Å². The number of rotatable bonds is 7. The Morgan fingerprint density at radius 1 is 1.23 bits per heavy atom. The van der Waals surface area contributed by atoms with E-state index in [2.05, 4.69) is 26.1 Å². The molecule has 0 aliphatic carbocycles. The second-order valence-corrected chi connectivity index (χ2v) is 8.22. The Kier molecular flexibility index (Phi) is 6.53. The van der Waals surface area contributed by atoms with Gasteiger partial charge in [-0.05, 0) is 36.0 Å². The minimum Gasteiger partial charge on any atom is -0.493 e. The molecule has 1 aliphatic rings. The molecule has 1 amide bonds. The number of benzene rings is 1. The molecule has 1 atom stereocenters. The van der Waals surface area contributed by atoms with Gasteiger partial charge < -0.3 is 24.8 Å². The van der Waals surface area contributed by atoms with Gasteiger partial charge in [0.1, 0.15) is 0 Å². The highest BCUT2D eigenvalue weighted by molar-refractivity contribution is 5.86. The van der Waals surface area contributed by atoms with Crippen molar-refractivity contribution < 1.29 is 19.4 Å². The molecule has 1 aromatic carbocycles. The van der Waals surface area contributed by atoms with Crippen molar-refractivity contribution in [3.05, 3.63) is 23.8 Å². The molecule has 0 saturated carbocycles. The minimum absolute atomic E-state index is 0.0149. The van der Waals surface area contributed by atoms with Crippen LogP contribution in [0.3, 0.4) is 0 Å². The summed E-state index contributed by atoms with van der Waals surface area (Å²) < 4.78 is 10.5. The van der Waals surface area contributed by atoms with E-state index in [4.69, 9.17) is 9.47 Å². The van der Waals surface area contributed by atoms with Crippen LogP contribution in [0.15, 0.2) is 18.2 Å². The van der Waals surface area contributed by atoms with Crippen LogP contribution in [0.5, 0.6) is 11.5 Å². The predicted molar refractivity (Wildman–Crippen MR) is 101 cm³/mol. The molecule has 1 heterocycles. The van der Waals surface area contributed by atoms with Crippen LogP contribution in [0.25, 0.3) is 0 Å². The normalized spacial score (nSPS) is 21.0. The van der Waals surface area contributed by atoms with Gasteiger partial charge in [-0.25, -0.2) is 0 Å². The summed E-state index contributed by atoms with van der Waals surface area (Å²) >= 11 is 0. The number of methoxy groups -OCH3 is 2. The Labute approximate surface area is 156 Å². The van der Waals surface area contributed by atoms with Crippen molar-refractivity contribution in [1.29, 1.82) is 0 Å². The first kappa shape index (κ1) is 20.5. The number of carbonyl (C=O) groups excluding carboxylic acids is 1. The lowest BCUT2D eigenvalue weighted by molar-refractivity contribution is -0.158. The number of hydrogen-bond donors (Lipinski definition) is 2. The van der Waals surface area contributed by atoms with E-state index in [0.29, 0.717) is 37.6 Å². The highest BCUT2D eigenvalue weighted by Crippen LogP contribution is 2.28. The maximum absolute atomic E-state index is 12.8. The van der Waals surface area contributed by atoms with Crippen LogP contribution in [-0.2, 0) is 11.3 Å². The topological polar surface area (TPSA) is 71.0 Å². The molecule has 2 N–H and O–H groups in total. The zero-order valence-corrected chi connectivity index (χ0v) is 16.6. The number of aliphatic hydroxyl groups is 1. The average molecular weight is 364 g/mol. The molecule has 1 saturated heterocycles. The second kappa shape index (κ2) is 8.27. The molecule has 0 aromatic heterocycles. The Balaban J connectivity index is 1.96. The summed E-state index contributed by atoms with van der Waals surface area (Å²) in [6.45, 7) is 8.45. The summed E-state index contributed by atoms with van der Waals surface area (Å²) in [6.07, 6.45) is 1.31. The van der Waals surface area contributed by atoms with Gasteiger partial charge >= 0.3 is 0 Å². The SMILES string of the molecule is COc1ccc(CNCC2(O)CCCN(CC(C)(C)C)C2=O)cc1OC. The molecular formula is C20H32N2O4. The maximum Gasteiger partial charge on any atom is 0.255 e. The van der Waals surface area contributed by atoms with Gasteiger partial charge in [0.25, 0.3) is 5.91 Å². The molecule has 26 heavy (non-hydrogen) atoms. The third kappa shape index (κ3) is 5.11. The van der Waals surface area contributed by atoms with Crippen molar-refractivity contribution in [1.82, 2.24) is 10.2 Å². The largest absolute Gasteiger partial charge is 0.493 e. The fourth-order valence-corrected chi connectivity index (χ4v) is 3.36. The van der Waals surface area contributed by atoms with Crippen LogP contribution in [0, 0.1) is 5.41 Å². The van der Waals surface area contributed by atoms with Crippen molar-refractivity contribution >= 4 is 5.91 Å². The van der Waals surface area contributed by atoms with Crippen molar-refractivity contribution in [2.45, 2.75) is 45.8 Å². The number of nitrogens with one attached hydrogen (secondary N) is 1. The predicted octanol–water partition coefficient (Wildman–Crippen LogP) is 2.19. The molecule has 1 unspecified atom stereocenters. The lowest BCUT2D eigenvalue weighted by atomic mass is 9.88. The summed E-state index contributed by atoms with van der Waals surface area (Å²) in [6, 6.07) is 5.68. The summed E-state index contributed by atoms with van der Waals surface area (Å²) in [4.78, 5) is 14.5. The maximum atomic E-state index is 12.8. The summed E-state index contributed by atoms with van der Waals surface area (Å²) in [5.74, 6) is 1.17. The standard InChI is InChI=1S/C20H32N2O4/c1-19(2,3)14-22-10-6-9-20(24,18(22)23)13-21-12-15-7-8-16(25-4)17(11-15)26-5/h7-8,11,21,24H,6,9-10,12-14H2,1-5H3. The molecule has 0 bridgehead atoms. The van der Waals surface area contributed by atoms with E-state index in [1.807, 2.05) is 18.2 Å². The first-order valence-electron chi connectivity index (χ1n) is 9.12. The molecule has 1 aliphatic heterocycles. The van der Waals surface area contributed by atoms with Crippen LogP contribution in [-0.4, -0.2) is 55.4 Å². The molecule has 1 fully saturated rings. The third-order valence-corrected chi connectivity index (χ3v) is 4.56. The van der Waals surface area contributed by atoms with Crippen molar-refractivity contribution in [3.8, 4) is 11.5 Å². The van der Waals surface area contributed by atoms with E-state index in [0.717, 1.165) is 12.0 Å². The van der Waals surface area contributed by atoms with E-state index in [1.54, 1.807) is 19.1 Å². The Morgan fingerprint density at radius 2 is 1.92 bits per heavy atom. The second-order valence-electron chi connectivity index (χ2n) is 8.22. The quantitative estimate of drug-likeness (QED) is 0.776. The average Bonchev–Trinajstić information content (AvgIpc) is 2.58. The molecular weight excluding hydrogens is 332 g/mol. The number of likely N-dealkylation sites (tertiary alicyclic amines) is 1. The molecule has 1 aromatic rings. The van der Waals surface area contributed by atoms with Crippen LogP contribution in [0.2, 0.25) is 0 Å². The lowest BCUT2D eigenvalue weighted by Crippen LogP contribution is -2.59. The van der Waals surface area contributed by atoms with Crippen molar-refractivity contribution in [2.75, 3.05) is 33.9 Å². The molecule has 6 heteroatoms. The Hall–Kier alpha value is -1.79. The molecule has 146 valence electrons. The van der Waals surface area contributed by atoms with Gasteiger partial charge in [0.15, 0.2) is 17.1 Å². The zero-order chi connectivity index (χ0) is 19.4. The van der Waals surface area contributed by atoms with Gasteiger partial charge in [0, 0.05) is 26.2 Å². The number of amides is 1. The van der Waals surface area contributed by atoms with Gasteiger partial charge in [-0.15, -0.1) is 0 Å². The summed E-state index contributed by atoms with van der Waals surface area (Å²) in [5.41, 5.74) is -0.317. The van der Waals surface area contributed by atoms with Gasteiger partial charge in [-0.3, -0.25) is 4.79 Å². The number of nitrogens with zero attached hydrogens (tertiary/aromatic N) is 1. The van der Waals surface area contributed by atoms with Gasteiger partial charge in [-0.1, -0.05) is 26.8 Å². The number of carbonyl (C=O) groups is 1. The molecule has 0 spiro atoms. The molecule has 6 nitrogen and oxygen atoms in total. The van der Waals surface area contributed by atoms with E-state index in [9.17, 15) is 9.90 Å². The molecule has 2 rings (SSSR count). The monoisotopic (exact) mass is 364 g/mol. The Bertz CT molecular complexity index is 627. The van der Waals surface area contributed by atoms with Crippen LogP contribution < -0.4 is 14.8 Å². The highest BCUT2D eigenvalue weighted by atomic mass is 16.5. The van der Waals surface area contributed by atoms with Crippen LogP contribution >= 0.6 is 0 Å². The van der Waals surface area contributed by atoms with E-state index >= 15 is 0 Å². The van der Waals surface area contributed by atoms with Crippen molar-refractivity contribution in [2.24, 2.45) is 5.41 Å². The number of piperidine rings is 1.